The van der Waals surface area contributed by atoms with Crippen molar-refractivity contribution < 1.29 is 0 Å². The fourth-order valence-corrected chi connectivity index (χ4v) is 2.71. The highest BCUT2D eigenvalue weighted by Crippen LogP contribution is 2.26. The number of hydrogen-bond donors (Lipinski definition) is 1. The molecule has 20 heavy (non-hydrogen) atoms. The van der Waals surface area contributed by atoms with Crippen LogP contribution in [0, 0.1) is 0 Å². The maximum absolute atomic E-state index is 4.29. The monoisotopic (exact) mass is 319 g/mol. The third kappa shape index (κ3) is 5.96. The average molecular weight is 320 g/mol. The van der Waals surface area contributed by atoms with Gasteiger partial charge in [-0.2, -0.15) is 0 Å². The first kappa shape index (κ1) is 19.7. The predicted molar refractivity (Wildman–Crippen MR) is 90.1 cm³/mol. The lowest BCUT2D eigenvalue weighted by Crippen LogP contribution is -2.45. The molecule has 1 saturated heterocycles. The summed E-state index contributed by atoms with van der Waals surface area (Å²) in [6, 6.07) is 4.85. The average Bonchev–Trinajstić information content (AvgIpc) is 2.46. The standard InChI is InChI=1S/C15H25N3.2ClH/c1-2-3-4-7-15(14-6-5-8-17-13-14)18-11-9-16-10-12-18;;/h5-6,8,13,15-16H,2-4,7,9-12H2,1H3;2*1H/t15-;;/m0../s1. The number of halogens is 2. The molecule has 3 nitrogen and oxygen atoms in total. The summed E-state index contributed by atoms with van der Waals surface area (Å²) >= 11 is 0. The zero-order valence-corrected chi connectivity index (χ0v) is 13.9. The van der Waals surface area contributed by atoms with E-state index in [1.807, 2.05) is 12.4 Å². The van der Waals surface area contributed by atoms with Gasteiger partial charge in [-0.05, 0) is 18.1 Å². The van der Waals surface area contributed by atoms with Gasteiger partial charge in [0.1, 0.15) is 0 Å². The van der Waals surface area contributed by atoms with Crippen molar-refractivity contribution in [3.05, 3.63) is 30.1 Å². The lowest BCUT2D eigenvalue weighted by molar-refractivity contribution is 0.162. The second-order valence-electron chi connectivity index (χ2n) is 5.08. The maximum atomic E-state index is 4.29. The summed E-state index contributed by atoms with van der Waals surface area (Å²) < 4.78 is 0. The van der Waals surface area contributed by atoms with Gasteiger partial charge in [0.2, 0.25) is 0 Å². The molecule has 0 unspecified atom stereocenters. The molecule has 1 aromatic heterocycles. The molecule has 5 heteroatoms. The van der Waals surface area contributed by atoms with Crippen LogP contribution in [0.4, 0.5) is 0 Å². The van der Waals surface area contributed by atoms with Crippen molar-refractivity contribution in [2.45, 2.75) is 38.6 Å². The largest absolute Gasteiger partial charge is 0.314 e. The van der Waals surface area contributed by atoms with Crippen LogP contribution in [0.1, 0.15) is 44.2 Å². The van der Waals surface area contributed by atoms with E-state index in [1.54, 1.807) is 0 Å². The van der Waals surface area contributed by atoms with Crippen LogP contribution in [0.2, 0.25) is 0 Å². The van der Waals surface area contributed by atoms with Gasteiger partial charge in [-0.25, -0.2) is 0 Å². The molecule has 2 heterocycles. The van der Waals surface area contributed by atoms with Gasteiger partial charge in [0, 0.05) is 44.6 Å². The van der Waals surface area contributed by atoms with Gasteiger partial charge in [-0.1, -0.05) is 32.3 Å². The maximum Gasteiger partial charge on any atom is 0.0364 e. The lowest BCUT2D eigenvalue weighted by atomic mass is 9.99. The van der Waals surface area contributed by atoms with Gasteiger partial charge in [0.05, 0.1) is 0 Å². The first-order valence-electron chi connectivity index (χ1n) is 7.26. The SMILES string of the molecule is CCCCC[C@@H](c1cccnc1)N1CCNCC1.Cl.Cl. The molecule has 2 rings (SSSR count). The Hall–Kier alpha value is -0.350. The zero-order chi connectivity index (χ0) is 12.6. The summed E-state index contributed by atoms with van der Waals surface area (Å²) in [4.78, 5) is 6.90. The van der Waals surface area contributed by atoms with E-state index < -0.39 is 0 Å². The van der Waals surface area contributed by atoms with Gasteiger partial charge >= 0.3 is 0 Å². The van der Waals surface area contributed by atoms with Crippen LogP contribution in [0.5, 0.6) is 0 Å². The first-order chi connectivity index (χ1) is 8.92. The Morgan fingerprint density at radius 1 is 1.25 bits per heavy atom. The van der Waals surface area contributed by atoms with Crippen LogP contribution in [-0.2, 0) is 0 Å². The van der Waals surface area contributed by atoms with Crippen molar-refractivity contribution in [3.63, 3.8) is 0 Å². The Morgan fingerprint density at radius 2 is 2.00 bits per heavy atom. The molecule has 1 aliphatic rings. The third-order valence-electron chi connectivity index (χ3n) is 3.74. The van der Waals surface area contributed by atoms with Gasteiger partial charge < -0.3 is 5.32 Å². The molecule has 0 radical (unpaired) electrons. The van der Waals surface area contributed by atoms with Gasteiger partial charge in [-0.3, -0.25) is 9.88 Å². The minimum atomic E-state index is 0. The fraction of sp³-hybridized carbons (Fsp3) is 0.667. The van der Waals surface area contributed by atoms with Gasteiger partial charge in [0.25, 0.3) is 0 Å². The molecule has 0 spiro atoms. The molecule has 116 valence electrons. The van der Waals surface area contributed by atoms with Gasteiger partial charge in [0.15, 0.2) is 0 Å². The fourth-order valence-electron chi connectivity index (χ4n) is 2.71. The molecule has 0 amide bonds. The van der Waals surface area contributed by atoms with Crippen LogP contribution >= 0.6 is 24.8 Å². The summed E-state index contributed by atoms with van der Waals surface area (Å²) in [7, 11) is 0. The van der Waals surface area contributed by atoms with Crippen LogP contribution in [-0.4, -0.2) is 36.1 Å². The van der Waals surface area contributed by atoms with Crippen LogP contribution in [0.15, 0.2) is 24.5 Å². The van der Waals surface area contributed by atoms with Crippen LogP contribution in [0.25, 0.3) is 0 Å². The Labute approximate surface area is 135 Å². The second-order valence-corrected chi connectivity index (χ2v) is 5.08. The van der Waals surface area contributed by atoms with E-state index in [9.17, 15) is 0 Å². The summed E-state index contributed by atoms with van der Waals surface area (Å²) in [6.07, 6.45) is 9.12. The highest BCUT2D eigenvalue weighted by molar-refractivity contribution is 5.85. The molecule has 1 atom stereocenters. The number of piperazine rings is 1. The van der Waals surface area contributed by atoms with Crippen molar-refractivity contribution in [1.29, 1.82) is 0 Å². The van der Waals surface area contributed by atoms with Crippen LogP contribution in [0.3, 0.4) is 0 Å². The van der Waals surface area contributed by atoms with E-state index in [0.29, 0.717) is 6.04 Å². The summed E-state index contributed by atoms with van der Waals surface area (Å²) in [5, 5.41) is 3.43. The second kappa shape index (κ2) is 11.3. The van der Waals surface area contributed by atoms with E-state index in [2.05, 4.69) is 34.3 Å². The molecule has 0 saturated carbocycles. The minimum absolute atomic E-state index is 0. The Balaban J connectivity index is 0.00000180. The molecule has 1 aliphatic heterocycles. The van der Waals surface area contributed by atoms with Crippen LogP contribution < -0.4 is 5.32 Å². The topological polar surface area (TPSA) is 28.2 Å². The molecule has 0 aromatic carbocycles. The lowest BCUT2D eigenvalue weighted by Gasteiger charge is -2.35. The van der Waals surface area contributed by atoms with Crippen molar-refractivity contribution in [2.75, 3.05) is 26.2 Å². The van der Waals surface area contributed by atoms with Gasteiger partial charge in [-0.15, -0.1) is 24.8 Å². The number of aromatic nitrogens is 1. The van der Waals surface area contributed by atoms with E-state index >= 15 is 0 Å². The molecule has 0 aliphatic carbocycles. The number of rotatable bonds is 6. The van der Waals surface area contributed by atoms with Crippen molar-refractivity contribution >= 4 is 24.8 Å². The number of hydrogen-bond acceptors (Lipinski definition) is 3. The van der Waals surface area contributed by atoms with Crippen molar-refractivity contribution in [3.8, 4) is 0 Å². The Bertz CT molecular complexity index is 329. The summed E-state index contributed by atoms with van der Waals surface area (Å²) in [6.45, 7) is 6.82. The summed E-state index contributed by atoms with van der Waals surface area (Å²) in [5.74, 6) is 0. The molecule has 0 bridgehead atoms. The quantitative estimate of drug-likeness (QED) is 0.814. The molecular weight excluding hydrogens is 293 g/mol. The molecule has 1 aromatic rings. The third-order valence-corrected chi connectivity index (χ3v) is 3.74. The molecular formula is C15H27Cl2N3. The number of unbranched alkanes of at least 4 members (excludes halogenated alkanes) is 2. The molecule has 1 N–H and O–H groups in total. The minimum Gasteiger partial charge on any atom is -0.314 e. The van der Waals surface area contributed by atoms with E-state index in [1.165, 1.54) is 31.2 Å². The van der Waals surface area contributed by atoms with E-state index in [0.717, 1.165) is 26.2 Å². The predicted octanol–water partition coefficient (Wildman–Crippen LogP) is 3.45. The summed E-state index contributed by atoms with van der Waals surface area (Å²) in [5.41, 5.74) is 1.38. The van der Waals surface area contributed by atoms with E-state index in [-0.39, 0.29) is 24.8 Å². The Morgan fingerprint density at radius 3 is 2.60 bits per heavy atom. The number of pyridine rings is 1. The highest BCUT2D eigenvalue weighted by atomic mass is 35.5. The number of nitrogens with one attached hydrogen (secondary N) is 1. The highest BCUT2D eigenvalue weighted by Gasteiger charge is 2.21. The first-order valence-corrected chi connectivity index (χ1v) is 7.26. The number of nitrogens with zero attached hydrogens (tertiary/aromatic N) is 2. The van der Waals surface area contributed by atoms with Crippen molar-refractivity contribution in [2.24, 2.45) is 0 Å². The van der Waals surface area contributed by atoms with Crippen molar-refractivity contribution in [1.82, 2.24) is 15.2 Å². The molecule has 1 fully saturated rings. The normalized spacial score (nSPS) is 16.9. The Kier molecular flexibility index (Phi) is 11.1. The zero-order valence-electron chi connectivity index (χ0n) is 12.3. The van der Waals surface area contributed by atoms with E-state index in [4.69, 9.17) is 0 Å². The smallest absolute Gasteiger partial charge is 0.0364 e.